The number of benzene rings is 1. The Labute approximate surface area is 147 Å². The van der Waals surface area contributed by atoms with Gasteiger partial charge in [0.05, 0.1) is 25.2 Å². The highest BCUT2D eigenvalue weighted by Gasteiger charge is 2.10. The van der Waals surface area contributed by atoms with Crippen molar-refractivity contribution in [1.29, 1.82) is 5.26 Å². The first-order chi connectivity index (χ1) is 12.4. The van der Waals surface area contributed by atoms with E-state index in [1.807, 2.05) is 36.5 Å². The highest BCUT2D eigenvalue weighted by atomic mass is 15.3. The maximum Gasteiger partial charge on any atom is 0.117 e. The van der Waals surface area contributed by atoms with Crippen molar-refractivity contribution in [3.8, 4) is 17.3 Å². The van der Waals surface area contributed by atoms with Gasteiger partial charge in [0, 0.05) is 30.3 Å². The Morgan fingerprint density at radius 2 is 2.12 bits per heavy atom. The van der Waals surface area contributed by atoms with Gasteiger partial charge >= 0.3 is 0 Å². The number of aryl methyl sites for hydroxylation is 1. The lowest BCUT2D eigenvalue weighted by Crippen LogP contribution is -2.17. The van der Waals surface area contributed by atoms with Crippen molar-refractivity contribution in [1.82, 2.24) is 15.2 Å². The number of hydrogen-bond acceptors (Lipinski definition) is 5. The number of hydrogen-bond donors (Lipinski definition) is 1. The van der Waals surface area contributed by atoms with Crippen LogP contribution in [0.3, 0.4) is 0 Å². The van der Waals surface area contributed by atoms with Crippen molar-refractivity contribution < 1.29 is 0 Å². The number of nitriles is 1. The molecule has 0 saturated carbocycles. The van der Waals surface area contributed by atoms with Crippen LogP contribution in [0.1, 0.15) is 37.7 Å². The zero-order chi connectivity index (χ0) is 17.3. The second-order valence-corrected chi connectivity index (χ2v) is 5.98. The van der Waals surface area contributed by atoms with E-state index in [1.54, 1.807) is 10.9 Å². The second-order valence-electron chi connectivity index (χ2n) is 5.98. The van der Waals surface area contributed by atoms with Gasteiger partial charge in [0.1, 0.15) is 11.5 Å². The van der Waals surface area contributed by atoms with Crippen molar-refractivity contribution >= 4 is 12.1 Å². The lowest BCUT2D eigenvalue weighted by Gasteiger charge is -2.02. The molecule has 1 aliphatic rings. The normalized spacial score (nSPS) is 14.8. The molecule has 0 spiro atoms. The number of aliphatic imine (C=N–C) groups is 1. The Morgan fingerprint density at radius 3 is 2.96 bits per heavy atom. The molecule has 1 aromatic heterocycles. The Morgan fingerprint density at radius 1 is 1.24 bits per heavy atom. The van der Waals surface area contributed by atoms with Gasteiger partial charge in [-0.2, -0.15) is 15.5 Å². The Bertz CT molecular complexity index is 782. The molecule has 2 heterocycles. The van der Waals surface area contributed by atoms with Crippen LogP contribution in [0.25, 0.3) is 11.3 Å². The minimum atomic E-state index is 0.432. The molecule has 0 atom stereocenters. The van der Waals surface area contributed by atoms with Crippen molar-refractivity contribution in [2.45, 2.75) is 38.6 Å². The molecule has 6 heteroatoms. The van der Waals surface area contributed by atoms with Gasteiger partial charge in [0.2, 0.25) is 0 Å². The second kappa shape index (κ2) is 8.78. The maximum absolute atomic E-state index is 8.79. The fraction of sp³-hybridized carbons (Fsp3) is 0.368. The van der Waals surface area contributed by atoms with Gasteiger partial charge in [0.15, 0.2) is 0 Å². The predicted molar refractivity (Wildman–Crippen MR) is 99.4 cm³/mol. The van der Waals surface area contributed by atoms with Crippen LogP contribution in [0.4, 0.5) is 0 Å². The number of amidine groups is 1. The molecule has 1 aromatic carbocycles. The van der Waals surface area contributed by atoms with Crippen molar-refractivity contribution in [3.05, 3.63) is 42.1 Å². The summed E-state index contributed by atoms with van der Waals surface area (Å²) >= 11 is 0. The fourth-order valence-electron chi connectivity index (χ4n) is 2.77. The van der Waals surface area contributed by atoms with Crippen LogP contribution in [0.2, 0.25) is 0 Å². The van der Waals surface area contributed by atoms with Crippen LogP contribution in [-0.4, -0.2) is 28.4 Å². The quantitative estimate of drug-likeness (QED) is 0.672. The summed E-state index contributed by atoms with van der Waals surface area (Å²) in [5.74, 6) is 0.951. The summed E-state index contributed by atoms with van der Waals surface area (Å²) in [5, 5.41) is 17.8. The molecular weight excluding hydrogens is 312 g/mol. The Kier molecular flexibility index (Phi) is 5.94. The third-order valence-corrected chi connectivity index (χ3v) is 4.06. The molecule has 0 saturated heterocycles. The number of nitrogens with zero attached hydrogens (tertiary/aromatic N) is 5. The molecule has 0 amide bonds. The Balaban J connectivity index is 1.78. The standard InChI is InChI=1S/C19H22N6/c20-11-7-13-25-15-17(19(24-25)16-8-3-1-4-9-16)14-22-23-18-10-5-2-6-12-21-18/h1,3-4,8-9,14-15H,2,5-7,10,12-13H2,(H,21,23)/b22-14+. The van der Waals surface area contributed by atoms with Crippen LogP contribution in [0.15, 0.2) is 46.6 Å². The fourth-order valence-corrected chi connectivity index (χ4v) is 2.77. The van der Waals surface area contributed by atoms with E-state index in [4.69, 9.17) is 5.26 Å². The van der Waals surface area contributed by atoms with E-state index in [-0.39, 0.29) is 0 Å². The van der Waals surface area contributed by atoms with Crippen LogP contribution >= 0.6 is 0 Å². The van der Waals surface area contributed by atoms with E-state index in [0.29, 0.717) is 13.0 Å². The molecule has 128 valence electrons. The SMILES string of the molecule is N#CCCn1cc(/C=N/NC2=NCCCCC2)c(-c2ccccc2)n1. The van der Waals surface area contributed by atoms with Crippen LogP contribution in [-0.2, 0) is 6.54 Å². The highest BCUT2D eigenvalue weighted by molar-refractivity contribution is 5.90. The van der Waals surface area contributed by atoms with Crippen molar-refractivity contribution in [2.75, 3.05) is 6.54 Å². The van der Waals surface area contributed by atoms with E-state index >= 15 is 0 Å². The first kappa shape index (κ1) is 16.9. The van der Waals surface area contributed by atoms with Gasteiger partial charge in [-0.3, -0.25) is 15.1 Å². The summed E-state index contributed by atoms with van der Waals surface area (Å²) < 4.78 is 1.80. The maximum atomic E-state index is 8.79. The van der Waals surface area contributed by atoms with Gasteiger partial charge in [-0.05, 0) is 12.8 Å². The topological polar surface area (TPSA) is 78.4 Å². The summed E-state index contributed by atoms with van der Waals surface area (Å²) in [6, 6.07) is 12.2. The van der Waals surface area contributed by atoms with Crippen LogP contribution in [0, 0.1) is 11.3 Å². The number of aromatic nitrogens is 2. The lowest BCUT2D eigenvalue weighted by molar-refractivity contribution is 0.629. The third-order valence-electron chi connectivity index (χ3n) is 4.06. The van der Waals surface area contributed by atoms with E-state index in [1.165, 1.54) is 6.42 Å². The van der Waals surface area contributed by atoms with Gasteiger partial charge in [-0.25, -0.2) is 0 Å². The smallest absolute Gasteiger partial charge is 0.117 e. The number of nitrogens with one attached hydrogen (secondary N) is 1. The first-order valence-electron chi connectivity index (χ1n) is 8.69. The third kappa shape index (κ3) is 4.77. The minimum Gasteiger partial charge on any atom is -0.271 e. The van der Waals surface area contributed by atoms with E-state index in [9.17, 15) is 0 Å². The van der Waals surface area contributed by atoms with Crippen LogP contribution in [0.5, 0.6) is 0 Å². The summed E-state index contributed by atoms with van der Waals surface area (Å²) in [6.07, 6.45) is 8.63. The molecule has 3 rings (SSSR count). The van der Waals surface area contributed by atoms with Gasteiger partial charge in [0.25, 0.3) is 0 Å². The molecule has 0 bridgehead atoms. The molecule has 1 aliphatic heterocycles. The van der Waals surface area contributed by atoms with E-state index < -0.39 is 0 Å². The zero-order valence-electron chi connectivity index (χ0n) is 14.2. The predicted octanol–water partition coefficient (Wildman–Crippen LogP) is 3.36. The number of rotatable bonds is 5. The molecule has 0 fully saturated rings. The summed E-state index contributed by atoms with van der Waals surface area (Å²) in [4.78, 5) is 4.52. The summed E-state index contributed by atoms with van der Waals surface area (Å²) in [5.41, 5.74) is 5.89. The highest BCUT2D eigenvalue weighted by Crippen LogP contribution is 2.20. The first-order valence-corrected chi connectivity index (χ1v) is 8.69. The Hall–Kier alpha value is -2.94. The monoisotopic (exact) mass is 334 g/mol. The average molecular weight is 334 g/mol. The van der Waals surface area contributed by atoms with E-state index in [2.05, 4.69) is 26.7 Å². The molecule has 0 aliphatic carbocycles. The largest absolute Gasteiger partial charge is 0.271 e. The summed E-state index contributed by atoms with van der Waals surface area (Å²) in [7, 11) is 0. The van der Waals surface area contributed by atoms with E-state index in [0.717, 1.165) is 48.5 Å². The molecule has 6 nitrogen and oxygen atoms in total. The van der Waals surface area contributed by atoms with Crippen molar-refractivity contribution in [3.63, 3.8) is 0 Å². The zero-order valence-corrected chi connectivity index (χ0v) is 14.2. The molecular formula is C19H22N6. The van der Waals surface area contributed by atoms with Gasteiger partial charge in [-0.15, -0.1) is 0 Å². The molecule has 2 aromatic rings. The number of hydrazone groups is 1. The van der Waals surface area contributed by atoms with Crippen LogP contribution < -0.4 is 5.43 Å². The lowest BCUT2D eigenvalue weighted by atomic mass is 10.1. The van der Waals surface area contributed by atoms with Gasteiger partial charge < -0.3 is 0 Å². The van der Waals surface area contributed by atoms with Gasteiger partial charge in [-0.1, -0.05) is 36.8 Å². The molecule has 0 unspecified atom stereocenters. The summed E-state index contributed by atoms with van der Waals surface area (Å²) in [6.45, 7) is 1.45. The minimum absolute atomic E-state index is 0.432. The molecule has 25 heavy (non-hydrogen) atoms. The molecule has 0 radical (unpaired) electrons. The molecule has 1 N–H and O–H groups in total. The van der Waals surface area contributed by atoms with Crippen molar-refractivity contribution in [2.24, 2.45) is 10.1 Å². The average Bonchev–Trinajstić information content (AvgIpc) is 2.87.